The molecule has 1 aromatic carbocycles. The lowest BCUT2D eigenvalue weighted by Crippen LogP contribution is -2.38. The molecule has 5 heteroatoms. The van der Waals surface area contributed by atoms with Gasteiger partial charge in [-0.1, -0.05) is 6.07 Å². The molecule has 1 aliphatic rings. The molecule has 0 bridgehead atoms. The number of carbonyl (C=O) groups excluding carboxylic acids is 1. The molecule has 1 fully saturated rings. The highest BCUT2D eigenvalue weighted by Crippen LogP contribution is 2.36. The van der Waals surface area contributed by atoms with Crippen LogP contribution in [-0.2, 0) is 0 Å². The zero-order chi connectivity index (χ0) is 11.8. The Morgan fingerprint density at radius 3 is 2.69 bits per heavy atom. The van der Waals surface area contributed by atoms with Crippen molar-refractivity contribution in [3.63, 3.8) is 0 Å². The number of nitrogens with one attached hydrogen (secondary N) is 1. The van der Waals surface area contributed by atoms with Gasteiger partial charge in [-0.2, -0.15) is 0 Å². The molecule has 1 aromatic rings. The van der Waals surface area contributed by atoms with Gasteiger partial charge in [-0.3, -0.25) is 4.79 Å². The topological polar surface area (TPSA) is 29.1 Å². The van der Waals surface area contributed by atoms with Crippen molar-refractivity contribution in [2.75, 3.05) is 5.88 Å². The summed E-state index contributed by atoms with van der Waals surface area (Å²) in [4.78, 5) is 11.7. The van der Waals surface area contributed by atoms with Gasteiger partial charge in [0, 0.05) is 5.88 Å². The zero-order valence-electron chi connectivity index (χ0n) is 8.40. The molecule has 16 heavy (non-hydrogen) atoms. The number of rotatable bonds is 3. The molecule has 0 heterocycles. The van der Waals surface area contributed by atoms with Gasteiger partial charge in [-0.25, -0.2) is 8.78 Å². The summed E-state index contributed by atoms with van der Waals surface area (Å²) in [6.07, 6.45) is 1.55. The first-order valence-electron chi connectivity index (χ1n) is 4.90. The number of halogens is 3. The van der Waals surface area contributed by atoms with E-state index in [1.807, 2.05) is 0 Å². The molecular weight excluding hydrogens is 236 g/mol. The van der Waals surface area contributed by atoms with Crippen LogP contribution in [0.3, 0.4) is 0 Å². The van der Waals surface area contributed by atoms with Crippen LogP contribution < -0.4 is 5.32 Å². The number of alkyl halides is 1. The van der Waals surface area contributed by atoms with E-state index in [0.29, 0.717) is 0 Å². The minimum absolute atomic E-state index is 0.281. The van der Waals surface area contributed by atoms with Crippen LogP contribution in [0.2, 0.25) is 0 Å². The van der Waals surface area contributed by atoms with E-state index >= 15 is 0 Å². The predicted molar refractivity (Wildman–Crippen MR) is 56.5 cm³/mol. The lowest BCUT2D eigenvalue weighted by Gasteiger charge is -2.14. The lowest BCUT2D eigenvalue weighted by molar-refractivity contribution is 0.0931. The first-order chi connectivity index (χ1) is 7.58. The molecule has 1 aliphatic carbocycles. The molecule has 0 radical (unpaired) electrons. The second-order valence-electron chi connectivity index (χ2n) is 3.97. The van der Waals surface area contributed by atoms with E-state index in [1.54, 1.807) is 0 Å². The fourth-order valence-electron chi connectivity index (χ4n) is 1.43. The van der Waals surface area contributed by atoms with Gasteiger partial charge >= 0.3 is 0 Å². The number of hydrogen-bond acceptors (Lipinski definition) is 1. The van der Waals surface area contributed by atoms with E-state index in [-0.39, 0.29) is 11.4 Å². The summed E-state index contributed by atoms with van der Waals surface area (Å²) in [6, 6.07) is 3.52. The van der Waals surface area contributed by atoms with E-state index in [0.717, 1.165) is 18.9 Å². The first kappa shape index (κ1) is 11.3. The third kappa shape index (κ3) is 2.02. The zero-order valence-corrected chi connectivity index (χ0v) is 9.15. The summed E-state index contributed by atoms with van der Waals surface area (Å²) >= 11 is 5.68. The largest absolute Gasteiger partial charge is 0.345 e. The molecular formula is C11H10ClF2NO. The van der Waals surface area contributed by atoms with Gasteiger partial charge in [0.1, 0.15) is 0 Å². The average Bonchev–Trinajstić information content (AvgIpc) is 3.02. The van der Waals surface area contributed by atoms with Crippen molar-refractivity contribution in [3.8, 4) is 0 Å². The Kier molecular flexibility index (Phi) is 2.84. The van der Waals surface area contributed by atoms with Gasteiger partial charge in [0.05, 0.1) is 11.1 Å². The maximum Gasteiger partial charge on any atom is 0.254 e. The SMILES string of the molecule is O=C(NC1(CCl)CC1)c1cccc(F)c1F. The van der Waals surface area contributed by atoms with Gasteiger partial charge in [0.15, 0.2) is 11.6 Å². The molecule has 0 aromatic heterocycles. The monoisotopic (exact) mass is 245 g/mol. The molecule has 1 amide bonds. The van der Waals surface area contributed by atoms with Crippen LogP contribution in [0.25, 0.3) is 0 Å². The summed E-state index contributed by atoms with van der Waals surface area (Å²) in [5.41, 5.74) is -0.700. The van der Waals surface area contributed by atoms with Crippen LogP contribution in [-0.4, -0.2) is 17.3 Å². The van der Waals surface area contributed by atoms with Crippen LogP contribution in [0.1, 0.15) is 23.2 Å². The van der Waals surface area contributed by atoms with Crippen molar-refractivity contribution >= 4 is 17.5 Å². The summed E-state index contributed by atoms with van der Waals surface area (Å²) < 4.78 is 26.2. The van der Waals surface area contributed by atoms with Crippen molar-refractivity contribution in [1.82, 2.24) is 5.32 Å². The molecule has 0 atom stereocenters. The highest BCUT2D eigenvalue weighted by atomic mass is 35.5. The Morgan fingerprint density at radius 1 is 1.44 bits per heavy atom. The highest BCUT2D eigenvalue weighted by molar-refractivity contribution is 6.19. The maximum atomic E-state index is 13.3. The minimum atomic E-state index is -1.12. The van der Waals surface area contributed by atoms with Crippen LogP contribution in [0.15, 0.2) is 18.2 Å². The fraction of sp³-hybridized carbons (Fsp3) is 0.364. The Bertz CT molecular complexity index is 432. The maximum absolute atomic E-state index is 13.3. The van der Waals surface area contributed by atoms with E-state index in [4.69, 9.17) is 11.6 Å². The van der Waals surface area contributed by atoms with E-state index in [2.05, 4.69) is 5.32 Å². The number of carbonyl (C=O) groups is 1. The highest BCUT2D eigenvalue weighted by Gasteiger charge is 2.43. The summed E-state index contributed by atoms with van der Waals surface area (Å²) in [6.45, 7) is 0. The fourth-order valence-corrected chi connectivity index (χ4v) is 1.76. The Balaban J connectivity index is 2.18. The summed E-state index contributed by atoms with van der Waals surface area (Å²) in [5.74, 6) is -2.47. The molecule has 86 valence electrons. The van der Waals surface area contributed by atoms with Crippen molar-refractivity contribution in [2.45, 2.75) is 18.4 Å². The van der Waals surface area contributed by atoms with E-state index < -0.39 is 23.1 Å². The normalized spacial score (nSPS) is 16.9. The van der Waals surface area contributed by atoms with Crippen LogP contribution in [0.4, 0.5) is 8.78 Å². The van der Waals surface area contributed by atoms with Crippen LogP contribution in [0.5, 0.6) is 0 Å². The smallest absolute Gasteiger partial charge is 0.254 e. The standard InChI is InChI=1S/C11H10ClF2NO/c12-6-11(4-5-11)15-10(16)7-2-1-3-8(13)9(7)14/h1-3H,4-6H2,(H,15,16). The number of benzene rings is 1. The molecule has 0 saturated heterocycles. The molecule has 2 nitrogen and oxygen atoms in total. The Hall–Kier alpha value is -1.16. The molecule has 0 spiro atoms. The second kappa shape index (κ2) is 4.01. The number of amides is 1. The third-order valence-corrected chi connectivity index (χ3v) is 3.20. The van der Waals surface area contributed by atoms with Crippen molar-refractivity contribution in [2.24, 2.45) is 0 Å². The molecule has 2 rings (SSSR count). The summed E-state index contributed by atoms with van der Waals surface area (Å²) in [7, 11) is 0. The Morgan fingerprint density at radius 2 is 2.12 bits per heavy atom. The third-order valence-electron chi connectivity index (χ3n) is 2.68. The molecule has 1 N–H and O–H groups in total. The molecule has 0 unspecified atom stereocenters. The number of hydrogen-bond donors (Lipinski definition) is 1. The van der Waals surface area contributed by atoms with Gasteiger partial charge in [0.2, 0.25) is 0 Å². The van der Waals surface area contributed by atoms with Crippen molar-refractivity contribution in [3.05, 3.63) is 35.4 Å². The first-order valence-corrected chi connectivity index (χ1v) is 5.44. The van der Waals surface area contributed by atoms with Crippen LogP contribution in [0, 0.1) is 11.6 Å². The molecule has 0 aliphatic heterocycles. The lowest BCUT2D eigenvalue weighted by atomic mass is 10.1. The minimum Gasteiger partial charge on any atom is -0.345 e. The Labute approximate surface area is 96.6 Å². The van der Waals surface area contributed by atoms with E-state index in [1.165, 1.54) is 12.1 Å². The van der Waals surface area contributed by atoms with Crippen molar-refractivity contribution < 1.29 is 13.6 Å². The van der Waals surface area contributed by atoms with E-state index in [9.17, 15) is 13.6 Å². The van der Waals surface area contributed by atoms with Gasteiger partial charge < -0.3 is 5.32 Å². The second-order valence-corrected chi connectivity index (χ2v) is 4.24. The van der Waals surface area contributed by atoms with Gasteiger partial charge in [-0.05, 0) is 25.0 Å². The van der Waals surface area contributed by atoms with Crippen molar-refractivity contribution in [1.29, 1.82) is 0 Å². The van der Waals surface area contributed by atoms with Crippen LogP contribution >= 0.6 is 11.6 Å². The quantitative estimate of drug-likeness (QED) is 0.815. The van der Waals surface area contributed by atoms with Gasteiger partial charge in [-0.15, -0.1) is 11.6 Å². The molecule has 1 saturated carbocycles. The summed E-state index contributed by atoms with van der Waals surface area (Å²) in [5, 5.41) is 2.62. The van der Waals surface area contributed by atoms with Gasteiger partial charge in [0.25, 0.3) is 5.91 Å². The average molecular weight is 246 g/mol. The predicted octanol–water partition coefficient (Wildman–Crippen LogP) is 2.47.